The first-order valence-electron chi connectivity index (χ1n) is 5.73. The van der Waals surface area contributed by atoms with Crippen molar-refractivity contribution >= 4 is 0 Å². The average molecular weight is 183 g/mol. The van der Waals surface area contributed by atoms with Crippen molar-refractivity contribution in [2.45, 2.75) is 59.4 Å². The second-order valence-corrected chi connectivity index (χ2v) is 5.76. The summed E-state index contributed by atoms with van der Waals surface area (Å²) in [4.78, 5) is 0. The molecule has 1 fully saturated rings. The molecule has 1 aliphatic carbocycles. The van der Waals surface area contributed by atoms with E-state index in [4.69, 9.17) is 0 Å². The van der Waals surface area contributed by atoms with Gasteiger partial charge in [-0.2, -0.15) is 0 Å². The Bertz CT molecular complexity index is 149. The number of hydrogen-bond acceptors (Lipinski definition) is 1. The lowest BCUT2D eigenvalue weighted by molar-refractivity contribution is 0.196. The van der Waals surface area contributed by atoms with E-state index in [0.717, 1.165) is 12.0 Å². The second kappa shape index (κ2) is 4.45. The molecule has 0 radical (unpaired) electrons. The molecule has 0 aromatic heterocycles. The van der Waals surface area contributed by atoms with Crippen molar-refractivity contribution in [1.82, 2.24) is 5.32 Å². The van der Waals surface area contributed by atoms with Gasteiger partial charge in [0.05, 0.1) is 0 Å². The van der Waals surface area contributed by atoms with Gasteiger partial charge in [-0.3, -0.25) is 0 Å². The molecular weight excluding hydrogens is 158 g/mol. The SMILES string of the molecule is CC(C)CN[C@@H]1CCCC(C)(C)C1. The number of hydrogen-bond donors (Lipinski definition) is 1. The Hall–Kier alpha value is -0.0400. The fourth-order valence-corrected chi connectivity index (χ4v) is 2.27. The van der Waals surface area contributed by atoms with Crippen molar-refractivity contribution in [1.29, 1.82) is 0 Å². The maximum Gasteiger partial charge on any atom is 0.00722 e. The molecule has 0 spiro atoms. The quantitative estimate of drug-likeness (QED) is 0.708. The van der Waals surface area contributed by atoms with Crippen LogP contribution in [0.4, 0.5) is 0 Å². The molecule has 13 heavy (non-hydrogen) atoms. The lowest BCUT2D eigenvalue weighted by Gasteiger charge is -2.36. The standard InChI is InChI=1S/C12H25N/c1-10(2)9-13-11-6-5-7-12(3,4)8-11/h10-11,13H,5-9H2,1-4H3/t11-/m1/s1. The minimum Gasteiger partial charge on any atom is -0.314 e. The van der Waals surface area contributed by atoms with Gasteiger partial charge in [-0.15, -0.1) is 0 Å². The Morgan fingerprint density at radius 3 is 2.62 bits per heavy atom. The molecule has 0 saturated heterocycles. The van der Waals surface area contributed by atoms with E-state index in [1.54, 1.807) is 0 Å². The van der Waals surface area contributed by atoms with Crippen molar-refractivity contribution in [3.63, 3.8) is 0 Å². The minimum absolute atomic E-state index is 0.576. The Labute approximate surface area is 83.3 Å². The Morgan fingerprint density at radius 2 is 2.08 bits per heavy atom. The number of nitrogens with one attached hydrogen (secondary N) is 1. The number of rotatable bonds is 3. The van der Waals surface area contributed by atoms with Crippen molar-refractivity contribution in [2.24, 2.45) is 11.3 Å². The third-order valence-corrected chi connectivity index (χ3v) is 3.02. The molecule has 0 aliphatic heterocycles. The van der Waals surface area contributed by atoms with E-state index in [0.29, 0.717) is 5.41 Å². The van der Waals surface area contributed by atoms with E-state index in [1.807, 2.05) is 0 Å². The topological polar surface area (TPSA) is 12.0 Å². The second-order valence-electron chi connectivity index (χ2n) is 5.76. The normalized spacial score (nSPS) is 27.9. The lowest BCUT2D eigenvalue weighted by atomic mass is 9.75. The molecule has 1 aliphatic rings. The van der Waals surface area contributed by atoms with Gasteiger partial charge >= 0.3 is 0 Å². The van der Waals surface area contributed by atoms with Crippen molar-refractivity contribution in [2.75, 3.05) is 6.54 Å². The molecule has 1 nitrogen and oxygen atoms in total. The summed E-state index contributed by atoms with van der Waals surface area (Å²) in [5.74, 6) is 0.782. The van der Waals surface area contributed by atoms with Gasteiger partial charge in [0, 0.05) is 6.04 Å². The van der Waals surface area contributed by atoms with Crippen LogP contribution in [0, 0.1) is 11.3 Å². The highest BCUT2D eigenvalue weighted by Gasteiger charge is 2.27. The minimum atomic E-state index is 0.576. The summed E-state index contributed by atoms with van der Waals surface area (Å²) in [6, 6.07) is 0.783. The average Bonchev–Trinajstić information content (AvgIpc) is 1.99. The lowest BCUT2D eigenvalue weighted by Crippen LogP contribution is -2.38. The molecule has 0 heterocycles. The first-order valence-corrected chi connectivity index (χ1v) is 5.73. The molecule has 1 rings (SSSR count). The van der Waals surface area contributed by atoms with Crippen LogP contribution in [-0.2, 0) is 0 Å². The third kappa shape index (κ3) is 4.12. The van der Waals surface area contributed by atoms with Crippen LogP contribution in [0.15, 0.2) is 0 Å². The first-order chi connectivity index (χ1) is 5.99. The van der Waals surface area contributed by atoms with Gasteiger partial charge in [0.2, 0.25) is 0 Å². The zero-order valence-corrected chi connectivity index (χ0v) is 9.69. The van der Waals surface area contributed by atoms with Crippen LogP contribution in [0.25, 0.3) is 0 Å². The van der Waals surface area contributed by atoms with Crippen LogP contribution in [0.2, 0.25) is 0 Å². The smallest absolute Gasteiger partial charge is 0.00722 e. The third-order valence-electron chi connectivity index (χ3n) is 3.02. The van der Waals surface area contributed by atoms with E-state index in [1.165, 1.54) is 32.2 Å². The van der Waals surface area contributed by atoms with E-state index in [2.05, 4.69) is 33.0 Å². The maximum atomic E-state index is 3.68. The van der Waals surface area contributed by atoms with E-state index >= 15 is 0 Å². The van der Waals surface area contributed by atoms with Crippen LogP contribution in [0.5, 0.6) is 0 Å². The van der Waals surface area contributed by atoms with Gasteiger partial charge in [-0.05, 0) is 37.1 Å². The molecule has 0 unspecified atom stereocenters. The van der Waals surface area contributed by atoms with Crippen molar-refractivity contribution < 1.29 is 0 Å². The van der Waals surface area contributed by atoms with Crippen LogP contribution in [0.1, 0.15) is 53.4 Å². The van der Waals surface area contributed by atoms with Gasteiger partial charge in [-0.25, -0.2) is 0 Å². The van der Waals surface area contributed by atoms with Crippen molar-refractivity contribution in [3.05, 3.63) is 0 Å². The van der Waals surface area contributed by atoms with Gasteiger partial charge in [-0.1, -0.05) is 34.1 Å². The van der Waals surface area contributed by atoms with E-state index < -0.39 is 0 Å². The zero-order valence-electron chi connectivity index (χ0n) is 9.69. The molecule has 0 bridgehead atoms. The predicted octanol–water partition coefficient (Wildman–Crippen LogP) is 3.20. The molecular formula is C12H25N. The monoisotopic (exact) mass is 183 g/mol. The van der Waals surface area contributed by atoms with Gasteiger partial charge in [0.15, 0.2) is 0 Å². The van der Waals surface area contributed by atoms with E-state index in [9.17, 15) is 0 Å². The highest BCUT2D eigenvalue weighted by molar-refractivity contribution is 4.83. The van der Waals surface area contributed by atoms with Gasteiger partial charge in [0.1, 0.15) is 0 Å². The molecule has 78 valence electrons. The first kappa shape index (κ1) is 11.0. The Morgan fingerprint density at radius 1 is 1.38 bits per heavy atom. The zero-order chi connectivity index (χ0) is 9.90. The van der Waals surface area contributed by atoms with Crippen LogP contribution < -0.4 is 5.32 Å². The summed E-state index contributed by atoms with van der Waals surface area (Å²) in [5, 5.41) is 3.68. The van der Waals surface area contributed by atoms with Crippen LogP contribution in [0.3, 0.4) is 0 Å². The summed E-state index contributed by atoms with van der Waals surface area (Å²) in [7, 11) is 0. The summed E-state index contributed by atoms with van der Waals surface area (Å²) in [6.45, 7) is 10.5. The fraction of sp³-hybridized carbons (Fsp3) is 1.00. The molecule has 1 N–H and O–H groups in total. The molecule has 0 aromatic carbocycles. The predicted molar refractivity (Wildman–Crippen MR) is 58.9 cm³/mol. The van der Waals surface area contributed by atoms with Crippen molar-refractivity contribution in [3.8, 4) is 0 Å². The van der Waals surface area contributed by atoms with Crippen LogP contribution >= 0.6 is 0 Å². The molecule has 1 atom stereocenters. The summed E-state index contributed by atoms with van der Waals surface area (Å²) in [6.07, 6.45) is 5.56. The molecule has 1 heteroatoms. The highest BCUT2D eigenvalue weighted by atomic mass is 14.9. The molecule has 1 saturated carbocycles. The summed E-state index contributed by atoms with van der Waals surface area (Å²) >= 11 is 0. The maximum absolute atomic E-state index is 3.68. The van der Waals surface area contributed by atoms with E-state index in [-0.39, 0.29) is 0 Å². The van der Waals surface area contributed by atoms with Gasteiger partial charge < -0.3 is 5.32 Å². The highest BCUT2D eigenvalue weighted by Crippen LogP contribution is 2.34. The fourth-order valence-electron chi connectivity index (χ4n) is 2.27. The van der Waals surface area contributed by atoms with Gasteiger partial charge in [0.25, 0.3) is 0 Å². The molecule has 0 amide bonds. The molecule has 0 aromatic rings. The summed E-state index contributed by atoms with van der Waals surface area (Å²) < 4.78 is 0. The Balaban J connectivity index is 2.26. The Kier molecular flexibility index (Phi) is 3.78. The summed E-state index contributed by atoms with van der Waals surface area (Å²) in [5.41, 5.74) is 0.576. The largest absolute Gasteiger partial charge is 0.314 e. The van der Waals surface area contributed by atoms with Crippen LogP contribution in [-0.4, -0.2) is 12.6 Å².